The topological polar surface area (TPSA) is 84.5 Å². The molecule has 0 saturated carbocycles. The first-order valence-electron chi connectivity index (χ1n) is 9.41. The second-order valence-electron chi connectivity index (χ2n) is 7.33. The number of alkyl halides is 1. The van der Waals surface area contributed by atoms with Crippen molar-refractivity contribution in [2.24, 2.45) is 5.41 Å². The molecule has 2 aromatic rings. The maximum atomic E-state index is 12.9. The third kappa shape index (κ3) is 6.45. The Labute approximate surface area is 171 Å². The lowest BCUT2D eigenvalue weighted by molar-refractivity contribution is -0.124. The molecular formula is C21H27FN2O4S. The van der Waals surface area contributed by atoms with Gasteiger partial charge in [-0.25, -0.2) is 12.8 Å². The molecule has 8 heteroatoms. The minimum absolute atomic E-state index is 0.113. The van der Waals surface area contributed by atoms with Crippen molar-refractivity contribution in [1.82, 2.24) is 0 Å². The Balaban J connectivity index is 2.02. The molecule has 6 nitrogen and oxygen atoms in total. The summed E-state index contributed by atoms with van der Waals surface area (Å²) in [7, 11) is -3.76. The summed E-state index contributed by atoms with van der Waals surface area (Å²) < 4.78 is 46.0. The van der Waals surface area contributed by atoms with Crippen molar-refractivity contribution in [3.05, 3.63) is 48.5 Å². The van der Waals surface area contributed by atoms with Crippen molar-refractivity contribution in [2.45, 2.75) is 38.5 Å². The van der Waals surface area contributed by atoms with Crippen molar-refractivity contribution >= 4 is 27.3 Å². The van der Waals surface area contributed by atoms with Crippen molar-refractivity contribution in [3.63, 3.8) is 0 Å². The number of rotatable bonds is 10. The fourth-order valence-corrected chi connectivity index (χ4v) is 3.30. The van der Waals surface area contributed by atoms with Gasteiger partial charge in [0.2, 0.25) is 5.91 Å². The highest BCUT2D eigenvalue weighted by Crippen LogP contribution is 2.23. The van der Waals surface area contributed by atoms with Gasteiger partial charge in [-0.1, -0.05) is 13.3 Å². The van der Waals surface area contributed by atoms with Crippen molar-refractivity contribution < 1.29 is 22.3 Å². The summed E-state index contributed by atoms with van der Waals surface area (Å²) in [5, 5.41) is 2.61. The van der Waals surface area contributed by atoms with Gasteiger partial charge >= 0.3 is 0 Å². The molecule has 0 aliphatic heterocycles. The number of nitrogens with one attached hydrogen (secondary N) is 2. The summed E-state index contributed by atoms with van der Waals surface area (Å²) >= 11 is 0. The number of carbonyl (C=O) groups excluding carboxylic acids is 1. The summed E-state index contributed by atoms with van der Waals surface area (Å²) in [5.41, 5.74) is -0.337. The number of ether oxygens (including phenoxy) is 1. The molecule has 0 aliphatic carbocycles. The smallest absolute Gasteiger partial charge is 0.261 e. The van der Waals surface area contributed by atoms with Crippen LogP contribution < -0.4 is 14.8 Å². The summed E-state index contributed by atoms with van der Waals surface area (Å²) in [4.78, 5) is 12.1. The molecule has 0 heterocycles. The number of carbonyl (C=O) groups is 1. The molecule has 0 saturated heterocycles. The zero-order valence-corrected chi connectivity index (χ0v) is 17.7. The fraction of sp³-hybridized carbons (Fsp3) is 0.381. The van der Waals surface area contributed by atoms with Gasteiger partial charge in [-0.2, -0.15) is 0 Å². The van der Waals surface area contributed by atoms with E-state index in [1.807, 2.05) is 0 Å². The SMILES string of the molecule is CCCCOc1ccc(S(=O)(=O)Nc2ccc(NC(=O)C(C)(C)CF)cc2)cc1. The van der Waals surface area contributed by atoms with Crippen LogP contribution >= 0.6 is 0 Å². The average molecular weight is 423 g/mol. The highest BCUT2D eigenvalue weighted by atomic mass is 32.2. The first-order valence-corrected chi connectivity index (χ1v) is 10.9. The van der Waals surface area contributed by atoms with E-state index in [2.05, 4.69) is 17.0 Å². The molecule has 1 amide bonds. The van der Waals surface area contributed by atoms with E-state index >= 15 is 0 Å². The number of anilines is 2. The van der Waals surface area contributed by atoms with E-state index in [9.17, 15) is 17.6 Å². The molecule has 2 rings (SSSR count). The van der Waals surface area contributed by atoms with E-state index in [0.29, 0.717) is 23.7 Å². The van der Waals surface area contributed by atoms with Crippen LogP contribution in [0.3, 0.4) is 0 Å². The standard InChI is InChI=1S/C21H27FN2O4S/c1-4-5-14-28-18-10-12-19(13-11-18)29(26,27)24-17-8-6-16(7-9-17)23-20(25)21(2,3)15-22/h6-13,24H,4-5,14-15H2,1-3H3,(H,23,25). The second kappa shape index (κ2) is 9.73. The van der Waals surface area contributed by atoms with Gasteiger partial charge in [0.05, 0.1) is 16.9 Å². The van der Waals surface area contributed by atoms with E-state index in [1.165, 1.54) is 38.1 Å². The number of amides is 1. The molecule has 2 N–H and O–H groups in total. The van der Waals surface area contributed by atoms with Crippen LogP contribution in [0.4, 0.5) is 15.8 Å². The van der Waals surface area contributed by atoms with Crippen molar-refractivity contribution in [1.29, 1.82) is 0 Å². The third-order valence-electron chi connectivity index (χ3n) is 4.24. The monoisotopic (exact) mass is 422 g/mol. The molecule has 0 aliphatic rings. The van der Waals surface area contributed by atoms with Crippen LogP contribution in [0.25, 0.3) is 0 Å². The molecule has 0 aromatic heterocycles. The van der Waals surface area contributed by atoms with Crippen LogP contribution in [0.15, 0.2) is 53.4 Å². The van der Waals surface area contributed by atoms with E-state index < -0.39 is 28.0 Å². The summed E-state index contributed by atoms with van der Waals surface area (Å²) in [6.45, 7) is 4.89. The van der Waals surface area contributed by atoms with Crippen LogP contribution in [0.5, 0.6) is 5.75 Å². The third-order valence-corrected chi connectivity index (χ3v) is 5.64. The number of unbranched alkanes of at least 4 members (excludes halogenated alkanes) is 1. The molecule has 29 heavy (non-hydrogen) atoms. The van der Waals surface area contributed by atoms with Gasteiger partial charge in [0.15, 0.2) is 0 Å². The Bertz CT molecular complexity index is 911. The maximum absolute atomic E-state index is 12.9. The molecule has 158 valence electrons. The van der Waals surface area contributed by atoms with Gasteiger partial charge in [0.1, 0.15) is 12.4 Å². The van der Waals surface area contributed by atoms with Crippen LogP contribution in [0.2, 0.25) is 0 Å². The second-order valence-corrected chi connectivity index (χ2v) is 9.01. The van der Waals surface area contributed by atoms with Gasteiger partial charge in [0.25, 0.3) is 10.0 Å². The molecule has 0 bridgehead atoms. The van der Waals surface area contributed by atoms with Crippen LogP contribution in [0.1, 0.15) is 33.6 Å². The minimum atomic E-state index is -3.76. The fourth-order valence-electron chi connectivity index (χ4n) is 2.25. The van der Waals surface area contributed by atoms with Crippen molar-refractivity contribution in [2.75, 3.05) is 23.3 Å². The molecule has 0 fully saturated rings. The number of hydrogen-bond donors (Lipinski definition) is 2. The highest BCUT2D eigenvalue weighted by Gasteiger charge is 2.27. The van der Waals surface area contributed by atoms with Crippen LogP contribution in [0, 0.1) is 5.41 Å². The Morgan fingerprint density at radius 3 is 2.17 bits per heavy atom. The summed E-state index contributed by atoms with van der Waals surface area (Å²) in [6, 6.07) is 12.4. The maximum Gasteiger partial charge on any atom is 0.261 e. The zero-order valence-electron chi connectivity index (χ0n) is 16.9. The number of sulfonamides is 1. The Hall–Kier alpha value is -2.61. The van der Waals surface area contributed by atoms with Crippen LogP contribution in [-0.4, -0.2) is 27.6 Å². The summed E-state index contributed by atoms with van der Waals surface area (Å²) in [5.74, 6) is 0.170. The predicted octanol–water partition coefficient (Wildman–Crippen LogP) is 4.60. The first-order chi connectivity index (χ1) is 13.7. The quantitative estimate of drug-likeness (QED) is 0.548. The molecule has 0 unspecified atom stereocenters. The largest absolute Gasteiger partial charge is 0.494 e. The van der Waals surface area contributed by atoms with E-state index in [4.69, 9.17) is 4.74 Å². The number of halogens is 1. The lowest BCUT2D eigenvalue weighted by Crippen LogP contribution is -2.32. The molecule has 0 atom stereocenters. The number of hydrogen-bond acceptors (Lipinski definition) is 4. The first kappa shape index (κ1) is 22.7. The average Bonchev–Trinajstić information content (AvgIpc) is 2.70. The highest BCUT2D eigenvalue weighted by molar-refractivity contribution is 7.92. The van der Waals surface area contributed by atoms with E-state index in [1.54, 1.807) is 24.3 Å². The summed E-state index contributed by atoms with van der Waals surface area (Å²) in [6.07, 6.45) is 1.95. The van der Waals surface area contributed by atoms with Gasteiger partial charge in [-0.05, 0) is 68.8 Å². The predicted molar refractivity (Wildman–Crippen MR) is 112 cm³/mol. The van der Waals surface area contributed by atoms with Gasteiger partial charge in [0, 0.05) is 11.4 Å². The van der Waals surface area contributed by atoms with E-state index in [0.717, 1.165) is 12.8 Å². The van der Waals surface area contributed by atoms with Gasteiger partial charge in [-0.3, -0.25) is 9.52 Å². The molecule has 0 spiro atoms. The van der Waals surface area contributed by atoms with Gasteiger partial charge < -0.3 is 10.1 Å². The molecule has 0 radical (unpaired) electrons. The minimum Gasteiger partial charge on any atom is -0.494 e. The zero-order chi connectivity index (χ0) is 21.5. The Kier molecular flexibility index (Phi) is 7.61. The van der Waals surface area contributed by atoms with E-state index in [-0.39, 0.29) is 4.90 Å². The van der Waals surface area contributed by atoms with Gasteiger partial charge in [-0.15, -0.1) is 0 Å². The van der Waals surface area contributed by atoms with Crippen molar-refractivity contribution in [3.8, 4) is 5.75 Å². The Morgan fingerprint density at radius 1 is 1.03 bits per heavy atom. The lowest BCUT2D eigenvalue weighted by atomic mass is 9.94. The molecule has 2 aromatic carbocycles. The normalized spacial score (nSPS) is 11.7. The molecular weight excluding hydrogens is 395 g/mol. The van der Waals surface area contributed by atoms with Crippen LogP contribution in [-0.2, 0) is 14.8 Å². The number of benzene rings is 2. The Morgan fingerprint density at radius 2 is 1.62 bits per heavy atom. The lowest BCUT2D eigenvalue weighted by Gasteiger charge is -2.19.